The van der Waals surface area contributed by atoms with Gasteiger partial charge in [0, 0.05) is 5.56 Å². The van der Waals surface area contributed by atoms with Crippen LogP contribution in [-0.2, 0) is 0 Å². The zero-order valence-electron chi connectivity index (χ0n) is 15.9. The maximum atomic E-state index is 14.0. The Morgan fingerprint density at radius 3 is 2.80 bits per heavy atom. The first-order chi connectivity index (χ1) is 14.3. The minimum absolute atomic E-state index is 0.000792. The number of carbonyl (C=O) groups excluding carboxylic acids is 1. The largest absolute Gasteiger partial charge is 0.390 e. The molecule has 0 radical (unpaired) electrons. The molecule has 9 nitrogen and oxygen atoms in total. The van der Waals surface area contributed by atoms with Crippen LogP contribution in [0.25, 0.3) is 11.0 Å². The molecule has 4 rings (SSSR count). The van der Waals surface area contributed by atoms with Gasteiger partial charge in [0.15, 0.2) is 11.3 Å². The van der Waals surface area contributed by atoms with Gasteiger partial charge in [0.2, 0.25) is 0 Å². The average Bonchev–Trinajstić information content (AvgIpc) is 3.29. The summed E-state index contributed by atoms with van der Waals surface area (Å²) in [6.07, 6.45) is 0.405. The average molecular weight is 418 g/mol. The minimum atomic E-state index is -0.977. The van der Waals surface area contributed by atoms with E-state index in [1.165, 1.54) is 13.3 Å². The zero-order valence-corrected chi connectivity index (χ0v) is 15.9. The summed E-state index contributed by atoms with van der Waals surface area (Å²) in [5.41, 5.74) is 0.251. The second-order valence-corrected chi connectivity index (χ2v) is 7.27. The highest BCUT2D eigenvalue weighted by Gasteiger charge is 2.34. The van der Waals surface area contributed by atoms with Gasteiger partial charge < -0.3 is 20.8 Å². The molecule has 3 aromatic rings. The number of H-pyrrole nitrogens is 1. The zero-order chi connectivity index (χ0) is 21.4. The van der Waals surface area contributed by atoms with Gasteiger partial charge in [-0.05, 0) is 38.0 Å². The number of benzene rings is 1. The number of rotatable bonds is 5. The predicted octanol–water partition coefficient (Wildman–Crippen LogP) is 1.42. The number of aliphatic hydroxyl groups excluding tert-OH is 2. The highest BCUT2D eigenvalue weighted by molar-refractivity contribution is 6.07. The maximum absolute atomic E-state index is 14.0. The van der Waals surface area contributed by atoms with Crippen LogP contribution in [0.15, 0.2) is 24.5 Å². The lowest BCUT2D eigenvalue weighted by atomic mass is 10.1. The number of carbonyl (C=O) groups is 1. The molecule has 30 heavy (non-hydrogen) atoms. The van der Waals surface area contributed by atoms with Gasteiger partial charge in [-0.3, -0.25) is 9.89 Å². The Morgan fingerprint density at radius 2 is 2.07 bits per heavy atom. The van der Waals surface area contributed by atoms with Crippen LogP contribution in [-0.4, -0.2) is 54.5 Å². The summed E-state index contributed by atoms with van der Waals surface area (Å²) in [5, 5.41) is 32.4. The molecule has 0 saturated heterocycles. The Balaban J connectivity index is 1.61. The molecule has 4 atom stereocenters. The number of aromatic amines is 1. The van der Waals surface area contributed by atoms with E-state index in [4.69, 9.17) is 0 Å². The summed E-state index contributed by atoms with van der Waals surface area (Å²) in [4.78, 5) is 21.0. The molecule has 1 amide bonds. The third-order valence-electron chi connectivity index (χ3n) is 5.25. The summed E-state index contributed by atoms with van der Waals surface area (Å²) in [6.45, 7) is 1.52. The number of hydrogen-bond donors (Lipinski definition) is 5. The van der Waals surface area contributed by atoms with E-state index in [0.717, 1.165) is 18.2 Å². The van der Waals surface area contributed by atoms with Crippen LogP contribution in [0.5, 0.6) is 0 Å². The van der Waals surface area contributed by atoms with E-state index in [-0.39, 0.29) is 28.1 Å². The Kier molecular flexibility index (Phi) is 5.31. The van der Waals surface area contributed by atoms with E-state index < -0.39 is 41.8 Å². The summed E-state index contributed by atoms with van der Waals surface area (Å²) >= 11 is 0. The van der Waals surface area contributed by atoms with E-state index in [1.54, 1.807) is 0 Å². The van der Waals surface area contributed by atoms with E-state index in [0.29, 0.717) is 12.8 Å². The quantitative estimate of drug-likeness (QED) is 0.423. The first-order valence-electron chi connectivity index (χ1n) is 9.42. The van der Waals surface area contributed by atoms with Gasteiger partial charge >= 0.3 is 0 Å². The third-order valence-corrected chi connectivity index (χ3v) is 5.25. The van der Waals surface area contributed by atoms with Crippen molar-refractivity contribution >= 4 is 22.8 Å². The van der Waals surface area contributed by atoms with Crippen molar-refractivity contribution in [2.45, 2.75) is 44.1 Å². The molecule has 0 bridgehead atoms. The van der Waals surface area contributed by atoms with Crippen molar-refractivity contribution < 1.29 is 23.8 Å². The second-order valence-electron chi connectivity index (χ2n) is 7.27. The third kappa shape index (κ3) is 3.68. The number of nitrogens with one attached hydrogen (secondary N) is 3. The van der Waals surface area contributed by atoms with E-state index in [2.05, 4.69) is 30.8 Å². The summed E-state index contributed by atoms with van der Waals surface area (Å²) < 4.78 is 27.5. The van der Waals surface area contributed by atoms with Crippen LogP contribution in [0.1, 0.15) is 41.9 Å². The fourth-order valence-corrected chi connectivity index (χ4v) is 3.62. The number of aromatic nitrogens is 4. The molecule has 2 heterocycles. The normalized spacial score (nSPS) is 22.2. The number of fused-ring (bicyclic) bond motifs is 1. The molecule has 11 heteroatoms. The highest BCUT2D eigenvalue weighted by Crippen LogP contribution is 2.28. The molecule has 2 aromatic heterocycles. The van der Waals surface area contributed by atoms with Crippen molar-refractivity contribution in [3.8, 4) is 0 Å². The van der Waals surface area contributed by atoms with E-state index >= 15 is 0 Å². The number of anilines is 1. The van der Waals surface area contributed by atoms with Crippen molar-refractivity contribution in [1.29, 1.82) is 0 Å². The van der Waals surface area contributed by atoms with Crippen molar-refractivity contribution in [2.24, 2.45) is 0 Å². The topological polar surface area (TPSA) is 136 Å². The number of amides is 1. The Morgan fingerprint density at radius 1 is 1.27 bits per heavy atom. The minimum Gasteiger partial charge on any atom is -0.390 e. The van der Waals surface area contributed by atoms with Crippen molar-refractivity contribution in [3.05, 3.63) is 47.4 Å². The summed E-state index contributed by atoms with van der Waals surface area (Å²) in [6, 6.07) is 1.73. The van der Waals surface area contributed by atoms with Crippen LogP contribution in [0, 0.1) is 11.6 Å². The number of hydrogen-bond acceptors (Lipinski definition) is 7. The number of aliphatic hydroxyl groups is 2. The molecule has 0 aliphatic heterocycles. The van der Waals surface area contributed by atoms with Gasteiger partial charge in [0.1, 0.15) is 23.8 Å². The number of halogens is 2. The highest BCUT2D eigenvalue weighted by atomic mass is 19.1. The Hall–Kier alpha value is -3.18. The van der Waals surface area contributed by atoms with Gasteiger partial charge in [0.05, 0.1) is 29.7 Å². The maximum Gasteiger partial charge on any atom is 0.273 e. The van der Waals surface area contributed by atoms with Crippen LogP contribution >= 0.6 is 0 Å². The standard InChI is InChI=1S/C19H20F2N6O3/c1-8(10-6-9(20)2-3-11(10)21)24-19(30)15-14-17(22-7-23-18(14)27-26-15)25-12-4-5-13(28)16(12)29/h2-3,6-8,12-13,16,28-29H,4-5H2,1H3,(H,24,30)(H2,22,23,25,26,27)/t8-,12-,13-,16+/m1/s1. The summed E-state index contributed by atoms with van der Waals surface area (Å²) in [5.74, 6) is -1.63. The monoisotopic (exact) mass is 418 g/mol. The Bertz CT molecular complexity index is 1090. The number of nitrogens with zero attached hydrogens (tertiary/aromatic N) is 3. The molecule has 1 aliphatic carbocycles. The molecule has 1 aromatic carbocycles. The van der Waals surface area contributed by atoms with E-state index in [1.807, 2.05) is 0 Å². The predicted molar refractivity (Wildman–Crippen MR) is 103 cm³/mol. The van der Waals surface area contributed by atoms with Crippen LogP contribution in [0.3, 0.4) is 0 Å². The first kappa shape index (κ1) is 20.1. The van der Waals surface area contributed by atoms with Gasteiger partial charge in [0.25, 0.3) is 5.91 Å². The molecule has 1 saturated carbocycles. The molecule has 0 spiro atoms. The second kappa shape index (κ2) is 7.92. The SMILES string of the molecule is C[C@@H](NC(=O)c1n[nH]c2ncnc(N[C@@H]3CC[C@@H](O)[C@H]3O)c12)c1cc(F)ccc1F. The van der Waals surface area contributed by atoms with Crippen LogP contribution < -0.4 is 10.6 Å². The van der Waals surface area contributed by atoms with Crippen LogP contribution in [0.2, 0.25) is 0 Å². The fraction of sp³-hybridized carbons (Fsp3) is 0.368. The lowest BCUT2D eigenvalue weighted by Crippen LogP contribution is -2.34. The smallest absolute Gasteiger partial charge is 0.273 e. The molecular formula is C19H20F2N6O3. The Labute approximate surface area is 169 Å². The molecule has 0 unspecified atom stereocenters. The molecular weight excluding hydrogens is 398 g/mol. The molecule has 1 aliphatic rings. The van der Waals surface area contributed by atoms with Gasteiger partial charge in [-0.1, -0.05) is 0 Å². The lowest BCUT2D eigenvalue weighted by Gasteiger charge is -2.19. The molecule has 5 N–H and O–H groups in total. The van der Waals surface area contributed by atoms with Crippen molar-refractivity contribution in [1.82, 2.24) is 25.5 Å². The molecule has 158 valence electrons. The van der Waals surface area contributed by atoms with Gasteiger partial charge in [-0.15, -0.1) is 0 Å². The van der Waals surface area contributed by atoms with Crippen LogP contribution in [0.4, 0.5) is 14.6 Å². The lowest BCUT2D eigenvalue weighted by molar-refractivity contribution is 0.0392. The summed E-state index contributed by atoms with van der Waals surface area (Å²) in [7, 11) is 0. The first-order valence-corrected chi connectivity index (χ1v) is 9.42. The van der Waals surface area contributed by atoms with Crippen molar-refractivity contribution in [3.63, 3.8) is 0 Å². The molecule has 1 fully saturated rings. The van der Waals surface area contributed by atoms with E-state index in [9.17, 15) is 23.8 Å². The van der Waals surface area contributed by atoms with Gasteiger partial charge in [-0.25, -0.2) is 18.7 Å². The van der Waals surface area contributed by atoms with Gasteiger partial charge in [-0.2, -0.15) is 5.10 Å². The fourth-order valence-electron chi connectivity index (χ4n) is 3.62. The van der Waals surface area contributed by atoms with Crippen molar-refractivity contribution in [2.75, 3.05) is 5.32 Å².